The second-order valence-electron chi connectivity index (χ2n) is 9.36. The Bertz CT molecular complexity index is 1040. The smallest absolute Gasteiger partial charge is 0.295 e. The number of benzene rings is 2. The first-order valence-electron chi connectivity index (χ1n) is 11.7. The molecule has 0 radical (unpaired) electrons. The second kappa shape index (κ2) is 10.7. The summed E-state index contributed by atoms with van der Waals surface area (Å²) < 4.78 is 11.4. The van der Waals surface area contributed by atoms with Gasteiger partial charge in [-0.2, -0.15) is 0 Å². The molecular formula is C27H34N2O5. The number of likely N-dealkylation sites (N-methyl/N-ethyl adjacent to an activating group) is 1. The highest BCUT2D eigenvalue weighted by Gasteiger charge is 2.44. The monoisotopic (exact) mass is 466 g/mol. The Kier molecular flexibility index (Phi) is 7.99. The average molecular weight is 467 g/mol. The van der Waals surface area contributed by atoms with Crippen LogP contribution in [0.25, 0.3) is 5.76 Å². The average Bonchev–Trinajstić information content (AvgIpc) is 3.02. The molecule has 2 aromatic rings. The molecule has 3 rings (SSSR count). The third kappa shape index (κ3) is 5.78. The van der Waals surface area contributed by atoms with E-state index in [0.717, 1.165) is 4.90 Å². The number of ether oxygens (including phenoxy) is 2. The highest BCUT2D eigenvalue weighted by atomic mass is 16.5. The number of carbonyl (C=O) groups is 2. The Hall–Kier alpha value is -3.32. The maximum Gasteiger partial charge on any atom is 0.295 e. The molecule has 1 heterocycles. The second-order valence-corrected chi connectivity index (χ2v) is 9.36. The van der Waals surface area contributed by atoms with E-state index in [-0.39, 0.29) is 17.8 Å². The Morgan fingerprint density at radius 1 is 0.912 bits per heavy atom. The fraction of sp³-hybridized carbons (Fsp3) is 0.407. The van der Waals surface area contributed by atoms with Gasteiger partial charge in [-0.3, -0.25) is 9.59 Å². The van der Waals surface area contributed by atoms with Crippen molar-refractivity contribution in [3.63, 3.8) is 0 Å². The normalized spacial score (nSPS) is 17.8. The van der Waals surface area contributed by atoms with Crippen LogP contribution in [0.4, 0.5) is 0 Å². The minimum Gasteiger partial charge on any atom is -0.872 e. The third-order valence-corrected chi connectivity index (χ3v) is 5.44. The third-order valence-electron chi connectivity index (χ3n) is 5.44. The van der Waals surface area contributed by atoms with Crippen molar-refractivity contribution in [1.29, 1.82) is 0 Å². The summed E-state index contributed by atoms with van der Waals surface area (Å²) in [4.78, 5) is 28.7. The van der Waals surface area contributed by atoms with E-state index in [1.165, 1.54) is 4.90 Å². The molecule has 2 aromatic carbocycles. The zero-order valence-corrected chi connectivity index (χ0v) is 20.8. The van der Waals surface area contributed by atoms with Crippen LogP contribution in [-0.2, 0) is 9.59 Å². The summed E-state index contributed by atoms with van der Waals surface area (Å²) in [5, 5.41) is 13.5. The quantitative estimate of drug-likeness (QED) is 0.345. The summed E-state index contributed by atoms with van der Waals surface area (Å²) in [6.45, 7) is 8.73. The van der Waals surface area contributed by atoms with Crippen LogP contribution < -0.4 is 19.5 Å². The molecule has 34 heavy (non-hydrogen) atoms. The van der Waals surface area contributed by atoms with E-state index in [9.17, 15) is 14.7 Å². The summed E-state index contributed by atoms with van der Waals surface area (Å²) in [7, 11) is 3.96. The van der Waals surface area contributed by atoms with Crippen molar-refractivity contribution in [2.75, 3.05) is 27.2 Å². The molecule has 0 spiro atoms. The Morgan fingerprint density at radius 2 is 1.41 bits per heavy atom. The number of rotatable bonds is 9. The summed E-state index contributed by atoms with van der Waals surface area (Å²) in [6, 6.07) is 13.2. The van der Waals surface area contributed by atoms with E-state index in [1.54, 1.807) is 36.4 Å². The van der Waals surface area contributed by atoms with Crippen LogP contribution in [0, 0.1) is 0 Å². The molecule has 7 heteroatoms. The van der Waals surface area contributed by atoms with Crippen LogP contribution in [0.1, 0.15) is 44.9 Å². The van der Waals surface area contributed by atoms with Gasteiger partial charge < -0.3 is 24.4 Å². The molecule has 1 aliphatic rings. The van der Waals surface area contributed by atoms with Gasteiger partial charge >= 0.3 is 0 Å². The first-order chi connectivity index (χ1) is 16.1. The molecule has 0 aliphatic carbocycles. The lowest BCUT2D eigenvalue weighted by Crippen LogP contribution is -3.06. The zero-order chi connectivity index (χ0) is 25.0. The number of Topliss-reactive ketones (excluding diaryl/α,β-unsaturated/α-hetero) is 1. The van der Waals surface area contributed by atoms with Crippen molar-refractivity contribution in [3.05, 3.63) is 65.2 Å². The molecule has 1 fully saturated rings. The largest absolute Gasteiger partial charge is 0.872 e. The number of ketones is 1. The molecule has 1 unspecified atom stereocenters. The van der Waals surface area contributed by atoms with Gasteiger partial charge in [0.05, 0.1) is 45.4 Å². The molecule has 1 atom stereocenters. The first kappa shape index (κ1) is 25.3. The lowest BCUT2D eigenvalue weighted by Gasteiger charge is -2.28. The number of nitrogens with zero attached hydrogens (tertiary/aromatic N) is 1. The summed E-state index contributed by atoms with van der Waals surface area (Å²) in [6.07, 6.45) is 0.0239. The van der Waals surface area contributed by atoms with E-state index in [0.29, 0.717) is 35.7 Å². The van der Waals surface area contributed by atoms with E-state index in [4.69, 9.17) is 9.47 Å². The van der Waals surface area contributed by atoms with Gasteiger partial charge in [0, 0.05) is 5.57 Å². The first-order valence-corrected chi connectivity index (χ1v) is 11.7. The lowest BCUT2D eigenvalue weighted by atomic mass is 9.95. The number of hydrogen-bond donors (Lipinski definition) is 1. The maximum absolute atomic E-state index is 13.5. The standard InChI is InChI=1S/C27H34N2O5/c1-17(2)33-21-11-7-19(8-12-21)24-23(26(31)27(32)29(24)16-15-28(5)6)25(30)20-9-13-22(14-10-20)34-18(3)4/h7-14,17-18,24,30H,15-16H2,1-6H3/b25-23+. The summed E-state index contributed by atoms with van der Waals surface area (Å²) in [5.41, 5.74) is 1.03. The van der Waals surface area contributed by atoms with Crippen LogP contribution >= 0.6 is 0 Å². The predicted octanol–water partition coefficient (Wildman–Crippen LogP) is 1.63. The molecule has 1 aliphatic heterocycles. The Morgan fingerprint density at radius 3 is 1.88 bits per heavy atom. The SMILES string of the molecule is CC(C)Oc1ccc(/C([O-])=C2\C(=O)C(=O)N(CC[NH+](C)C)C2c2ccc(OC(C)C)cc2)cc1. The topological polar surface area (TPSA) is 83.3 Å². The van der Waals surface area contributed by atoms with Crippen molar-refractivity contribution >= 4 is 17.4 Å². The lowest BCUT2D eigenvalue weighted by molar-refractivity contribution is -0.857. The highest BCUT2D eigenvalue weighted by Crippen LogP contribution is 2.39. The van der Waals surface area contributed by atoms with Crippen molar-refractivity contribution in [2.24, 2.45) is 0 Å². The predicted molar refractivity (Wildman–Crippen MR) is 128 cm³/mol. The molecule has 0 bridgehead atoms. The molecule has 1 N–H and O–H groups in total. The van der Waals surface area contributed by atoms with E-state index in [2.05, 4.69) is 0 Å². The number of quaternary nitrogens is 1. The number of nitrogens with one attached hydrogen (secondary N) is 1. The van der Waals surface area contributed by atoms with Crippen LogP contribution in [0.3, 0.4) is 0 Å². The Labute approximate surface area is 201 Å². The molecule has 182 valence electrons. The maximum atomic E-state index is 13.5. The highest BCUT2D eigenvalue weighted by molar-refractivity contribution is 6.46. The number of amides is 1. The van der Waals surface area contributed by atoms with Gasteiger partial charge in [0.25, 0.3) is 5.91 Å². The molecule has 1 amide bonds. The minimum absolute atomic E-state index is 0.00405. The molecule has 0 saturated carbocycles. The van der Waals surface area contributed by atoms with Gasteiger partial charge in [-0.25, -0.2) is 0 Å². The van der Waals surface area contributed by atoms with Crippen LogP contribution in [0.5, 0.6) is 11.5 Å². The molecule has 7 nitrogen and oxygen atoms in total. The summed E-state index contributed by atoms with van der Waals surface area (Å²) >= 11 is 0. The van der Waals surface area contributed by atoms with Crippen molar-refractivity contribution in [2.45, 2.75) is 45.9 Å². The number of hydrogen-bond acceptors (Lipinski definition) is 5. The van der Waals surface area contributed by atoms with Crippen molar-refractivity contribution in [3.8, 4) is 11.5 Å². The van der Waals surface area contributed by atoms with Gasteiger partial charge in [-0.15, -0.1) is 0 Å². The van der Waals surface area contributed by atoms with Crippen molar-refractivity contribution < 1.29 is 29.1 Å². The fourth-order valence-electron chi connectivity index (χ4n) is 3.90. The van der Waals surface area contributed by atoms with Gasteiger partial charge in [-0.1, -0.05) is 30.0 Å². The Balaban J connectivity index is 2.05. The van der Waals surface area contributed by atoms with Crippen LogP contribution in [0.2, 0.25) is 0 Å². The van der Waals surface area contributed by atoms with Gasteiger partial charge in [-0.05, 0) is 63.1 Å². The molecule has 0 aromatic heterocycles. The van der Waals surface area contributed by atoms with Crippen LogP contribution in [-0.4, -0.2) is 56.0 Å². The zero-order valence-electron chi connectivity index (χ0n) is 20.8. The van der Waals surface area contributed by atoms with Gasteiger partial charge in [0.1, 0.15) is 11.5 Å². The van der Waals surface area contributed by atoms with Gasteiger partial charge in [0.15, 0.2) is 0 Å². The number of carbonyl (C=O) groups excluding carboxylic acids is 2. The number of likely N-dealkylation sites (tertiary alicyclic amines) is 1. The van der Waals surface area contributed by atoms with E-state index >= 15 is 0 Å². The fourth-order valence-corrected chi connectivity index (χ4v) is 3.90. The molecule has 1 saturated heterocycles. The van der Waals surface area contributed by atoms with E-state index < -0.39 is 23.5 Å². The molecular weight excluding hydrogens is 432 g/mol. The minimum atomic E-state index is -0.744. The summed E-state index contributed by atoms with van der Waals surface area (Å²) in [5.74, 6) is -0.502. The van der Waals surface area contributed by atoms with Crippen molar-refractivity contribution in [1.82, 2.24) is 4.90 Å². The van der Waals surface area contributed by atoms with E-state index in [1.807, 2.05) is 53.9 Å². The van der Waals surface area contributed by atoms with Crippen LogP contribution in [0.15, 0.2) is 54.1 Å². The van der Waals surface area contributed by atoms with Gasteiger partial charge in [0.2, 0.25) is 5.78 Å².